The fourth-order valence-electron chi connectivity index (χ4n) is 2.78. The molecule has 0 unspecified atom stereocenters. The van der Waals surface area contributed by atoms with Crippen LogP contribution in [0.15, 0.2) is 22.7 Å². The number of halogens is 1. The molecule has 0 saturated carbocycles. The van der Waals surface area contributed by atoms with Crippen molar-refractivity contribution in [2.45, 2.75) is 26.3 Å². The Morgan fingerprint density at radius 3 is 2.78 bits per heavy atom. The summed E-state index contributed by atoms with van der Waals surface area (Å²) in [5.41, 5.74) is 2.35. The van der Waals surface area contributed by atoms with Crippen LogP contribution in [0.5, 0.6) is 0 Å². The van der Waals surface area contributed by atoms with Gasteiger partial charge in [0.05, 0.1) is 17.8 Å². The molecule has 96 valence electrons. The Morgan fingerprint density at radius 2 is 2.00 bits per heavy atom. The molecule has 2 aromatic rings. The molecule has 0 spiro atoms. The molecule has 1 saturated heterocycles. The second kappa shape index (κ2) is 5.02. The third kappa shape index (κ3) is 2.19. The van der Waals surface area contributed by atoms with Gasteiger partial charge in [0.1, 0.15) is 0 Å². The lowest BCUT2D eigenvalue weighted by molar-refractivity contribution is 0.318. The van der Waals surface area contributed by atoms with Gasteiger partial charge in [0.2, 0.25) is 0 Å². The Hall–Kier alpha value is -0.870. The molecule has 1 fully saturated rings. The van der Waals surface area contributed by atoms with Crippen LogP contribution in [0, 0.1) is 6.92 Å². The summed E-state index contributed by atoms with van der Waals surface area (Å²) >= 11 is 3.61. The number of rotatable bonds is 3. The van der Waals surface area contributed by atoms with Crippen molar-refractivity contribution in [3.05, 3.63) is 28.4 Å². The number of hydrogen-bond donors (Lipinski definition) is 0. The molecular weight excluding hydrogens is 290 g/mol. The zero-order valence-corrected chi connectivity index (χ0v) is 12.3. The SMILES string of the molecule is Cc1nn(CCN2CCCC2)c2cccc(Br)c12. The number of nitrogens with zero attached hydrogens (tertiary/aromatic N) is 3. The largest absolute Gasteiger partial charge is 0.301 e. The van der Waals surface area contributed by atoms with Crippen molar-refractivity contribution in [1.29, 1.82) is 0 Å². The average molecular weight is 308 g/mol. The van der Waals surface area contributed by atoms with Crippen LogP contribution in [-0.2, 0) is 6.54 Å². The van der Waals surface area contributed by atoms with Crippen molar-refractivity contribution in [2.75, 3.05) is 19.6 Å². The van der Waals surface area contributed by atoms with Gasteiger partial charge < -0.3 is 4.90 Å². The van der Waals surface area contributed by atoms with Crippen LogP contribution < -0.4 is 0 Å². The van der Waals surface area contributed by atoms with Gasteiger partial charge in [0.15, 0.2) is 0 Å². The summed E-state index contributed by atoms with van der Waals surface area (Å²) in [6, 6.07) is 6.33. The summed E-state index contributed by atoms with van der Waals surface area (Å²) in [5.74, 6) is 0. The highest BCUT2D eigenvalue weighted by atomic mass is 79.9. The van der Waals surface area contributed by atoms with E-state index in [4.69, 9.17) is 0 Å². The first kappa shape index (κ1) is 12.2. The smallest absolute Gasteiger partial charge is 0.0697 e. The molecule has 1 aromatic carbocycles. The van der Waals surface area contributed by atoms with Crippen LogP contribution in [0.2, 0.25) is 0 Å². The maximum Gasteiger partial charge on any atom is 0.0697 e. The normalized spacial score (nSPS) is 16.8. The predicted molar refractivity (Wildman–Crippen MR) is 77.8 cm³/mol. The minimum Gasteiger partial charge on any atom is -0.301 e. The highest BCUT2D eigenvalue weighted by Crippen LogP contribution is 2.26. The lowest BCUT2D eigenvalue weighted by Crippen LogP contribution is -2.24. The van der Waals surface area contributed by atoms with Crippen LogP contribution >= 0.6 is 15.9 Å². The first-order chi connectivity index (χ1) is 8.75. The van der Waals surface area contributed by atoms with E-state index in [-0.39, 0.29) is 0 Å². The molecule has 2 heterocycles. The summed E-state index contributed by atoms with van der Waals surface area (Å²) in [6.45, 7) is 6.69. The maximum absolute atomic E-state index is 4.67. The van der Waals surface area contributed by atoms with Gasteiger partial charge in [0, 0.05) is 16.4 Å². The van der Waals surface area contributed by atoms with E-state index in [2.05, 4.69) is 55.7 Å². The quantitative estimate of drug-likeness (QED) is 0.868. The Bertz CT molecular complexity index is 555. The molecule has 18 heavy (non-hydrogen) atoms. The van der Waals surface area contributed by atoms with Gasteiger partial charge in [-0.3, -0.25) is 4.68 Å². The minimum absolute atomic E-state index is 0.987. The number of likely N-dealkylation sites (tertiary alicyclic amines) is 1. The molecule has 0 bridgehead atoms. The predicted octanol–water partition coefficient (Wildman–Crippen LogP) is 3.20. The van der Waals surface area contributed by atoms with E-state index in [0.29, 0.717) is 0 Å². The van der Waals surface area contributed by atoms with Crippen molar-refractivity contribution in [3.63, 3.8) is 0 Å². The topological polar surface area (TPSA) is 21.1 Å². The monoisotopic (exact) mass is 307 g/mol. The number of hydrogen-bond acceptors (Lipinski definition) is 2. The molecule has 0 amide bonds. The standard InChI is InChI=1S/C14H18BrN3/c1-11-14-12(15)5-4-6-13(14)18(16-11)10-9-17-7-2-3-8-17/h4-6H,2-3,7-10H2,1H3. The zero-order valence-electron chi connectivity index (χ0n) is 10.7. The van der Waals surface area contributed by atoms with Crippen molar-refractivity contribution in [3.8, 4) is 0 Å². The van der Waals surface area contributed by atoms with Crippen molar-refractivity contribution >= 4 is 26.8 Å². The van der Waals surface area contributed by atoms with E-state index in [1.807, 2.05) is 0 Å². The van der Waals surface area contributed by atoms with E-state index in [1.54, 1.807) is 0 Å². The number of fused-ring (bicyclic) bond motifs is 1. The first-order valence-electron chi connectivity index (χ1n) is 6.60. The van der Waals surface area contributed by atoms with Gasteiger partial charge in [-0.05, 0) is 45.0 Å². The second-order valence-electron chi connectivity index (χ2n) is 4.99. The Kier molecular flexibility index (Phi) is 3.39. The van der Waals surface area contributed by atoms with Crippen molar-refractivity contribution in [1.82, 2.24) is 14.7 Å². The lowest BCUT2D eigenvalue weighted by atomic mass is 10.2. The second-order valence-corrected chi connectivity index (χ2v) is 5.85. The highest BCUT2D eigenvalue weighted by molar-refractivity contribution is 9.10. The van der Waals surface area contributed by atoms with E-state index in [1.165, 1.54) is 36.8 Å². The average Bonchev–Trinajstić information content (AvgIpc) is 2.96. The van der Waals surface area contributed by atoms with E-state index in [9.17, 15) is 0 Å². The summed E-state index contributed by atoms with van der Waals surface area (Å²) in [4.78, 5) is 2.53. The Balaban J connectivity index is 1.85. The van der Waals surface area contributed by atoms with Crippen LogP contribution in [0.25, 0.3) is 10.9 Å². The maximum atomic E-state index is 4.67. The summed E-state index contributed by atoms with van der Waals surface area (Å²) in [7, 11) is 0. The van der Waals surface area contributed by atoms with Gasteiger partial charge in [0.25, 0.3) is 0 Å². The van der Waals surface area contributed by atoms with Crippen LogP contribution in [-0.4, -0.2) is 34.3 Å². The van der Waals surface area contributed by atoms with E-state index >= 15 is 0 Å². The van der Waals surface area contributed by atoms with Gasteiger partial charge in [-0.15, -0.1) is 0 Å². The molecule has 0 radical (unpaired) electrons. The van der Waals surface area contributed by atoms with E-state index in [0.717, 1.165) is 23.3 Å². The molecule has 0 atom stereocenters. The Labute approximate surface area is 116 Å². The van der Waals surface area contributed by atoms with Crippen LogP contribution in [0.4, 0.5) is 0 Å². The molecule has 0 N–H and O–H groups in total. The minimum atomic E-state index is 0.987. The summed E-state index contributed by atoms with van der Waals surface area (Å²) in [5, 5.41) is 5.92. The molecular formula is C14H18BrN3. The van der Waals surface area contributed by atoms with Gasteiger partial charge >= 0.3 is 0 Å². The van der Waals surface area contributed by atoms with Gasteiger partial charge in [-0.2, -0.15) is 5.10 Å². The summed E-state index contributed by atoms with van der Waals surface area (Å²) in [6.07, 6.45) is 2.70. The number of aryl methyl sites for hydroxylation is 1. The molecule has 4 heteroatoms. The third-order valence-corrected chi connectivity index (χ3v) is 4.39. The molecule has 3 rings (SSSR count). The third-order valence-electron chi connectivity index (χ3n) is 3.73. The lowest BCUT2D eigenvalue weighted by Gasteiger charge is -2.14. The van der Waals surface area contributed by atoms with Crippen LogP contribution in [0.1, 0.15) is 18.5 Å². The molecule has 0 aliphatic carbocycles. The highest BCUT2D eigenvalue weighted by Gasteiger charge is 2.13. The Morgan fingerprint density at radius 1 is 1.22 bits per heavy atom. The van der Waals surface area contributed by atoms with Gasteiger partial charge in [-0.1, -0.05) is 22.0 Å². The molecule has 1 aliphatic heterocycles. The summed E-state index contributed by atoms with van der Waals surface area (Å²) < 4.78 is 3.29. The molecule has 1 aliphatic rings. The van der Waals surface area contributed by atoms with Gasteiger partial charge in [-0.25, -0.2) is 0 Å². The van der Waals surface area contributed by atoms with Crippen LogP contribution in [0.3, 0.4) is 0 Å². The molecule has 1 aromatic heterocycles. The number of benzene rings is 1. The fraction of sp³-hybridized carbons (Fsp3) is 0.500. The fourth-order valence-corrected chi connectivity index (χ4v) is 3.43. The van der Waals surface area contributed by atoms with Crippen molar-refractivity contribution in [2.24, 2.45) is 0 Å². The zero-order chi connectivity index (χ0) is 12.5. The number of aromatic nitrogens is 2. The molecule has 3 nitrogen and oxygen atoms in total. The van der Waals surface area contributed by atoms with Crippen molar-refractivity contribution < 1.29 is 0 Å². The van der Waals surface area contributed by atoms with E-state index < -0.39 is 0 Å². The first-order valence-corrected chi connectivity index (χ1v) is 7.39.